The summed E-state index contributed by atoms with van der Waals surface area (Å²) in [4.78, 5) is 10.5. The highest BCUT2D eigenvalue weighted by molar-refractivity contribution is 7.95. The topological polar surface area (TPSA) is 49.4 Å². The van der Waals surface area contributed by atoms with Crippen LogP contribution in [0, 0.1) is 0 Å². The molecule has 0 aliphatic heterocycles. The van der Waals surface area contributed by atoms with E-state index in [2.05, 4.69) is 6.92 Å². The van der Waals surface area contributed by atoms with Crippen molar-refractivity contribution in [1.29, 1.82) is 0 Å². The Morgan fingerprint density at radius 1 is 1.41 bits per heavy atom. The number of carbonyl (C=O) groups excluding carboxylic acids is 1. The molecule has 0 N–H and O–H groups in total. The summed E-state index contributed by atoms with van der Waals surface area (Å²) in [5.41, 5.74) is 0. The van der Waals surface area contributed by atoms with Crippen molar-refractivity contribution in [1.82, 2.24) is 0 Å². The second-order valence-electron chi connectivity index (χ2n) is 3.84. The fraction of sp³-hybridized carbons (Fsp3) is 0.750. The quantitative estimate of drug-likeness (QED) is 0.450. The van der Waals surface area contributed by atoms with E-state index >= 15 is 0 Å². The first-order valence-corrected chi connectivity index (χ1v) is 7.21. The van der Waals surface area contributed by atoms with Crippen molar-refractivity contribution in [3.8, 4) is 0 Å². The molecule has 0 saturated carbocycles. The van der Waals surface area contributed by atoms with Gasteiger partial charge in [0.05, 0.1) is 6.61 Å². The zero-order valence-corrected chi connectivity index (χ0v) is 11.4. The van der Waals surface area contributed by atoms with Crippen LogP contribution in [0.4, 0.5) is 4.39 Å². The van der Waals surface area contributed by atoms with E-state index in [0.29, 0.717) is 5.75 Å². The Morgan fingerprint density at radius 3 is 2.71 bits per heavy atom. The summed E-state index contributed by atoms with van der Waals surface area (Å²) in [6.45, 7) is 3.44. The minimum absolute atomic E-state index is 0.00782. The van der Waals surface area contributed by atoms with Gasteiger partial charge in [0.25, 0.3) is 5.16 Å². The summed E-state index contributed by atoms with van der Waals surface area (Å²) in [5, 5.41) is -0.648. The number of hydrogen-bond acceptors (Lipinski definition) is 3. The largest absolute Gasteiger partial charge is 0.610 e. The molecule has 0 aliphatic carbocycles. The molecule has 1 unspecified atom stereocenters. The van der Waals surface area contributed by atoms with Crippen molar-refractivity contribution in [3.63, 3.8) is 0 Å². The van der Waals surface area contributed by atoms with E-state index in [1.165, 1.54) is 6.92 Å². The van der Waals surface area contributed by atoms with Crippen LogP contribution in [0.2, 0.25) is 0 Å². The minimum Gasteiger partial charge on any atom is -0.610 e. The van der Waals surface area contributed by atoms with Gasteiger partial charge in [-0.25, -0.2) is 0 Å². The van der Waals surface area contributed by atoms with Crippen molar-refractivity contribution in [2.45, 2.75) is 39.5 Å². The summed E-state index contributed by atoms with van der Waals surface area (Å²) in [6.07, 6.45) is 5.08. The molecule has 0 aromatic carbocycles. The summed E-state index contributed by atoms with van der Waals surface area (Å²) in [6, 6.07) is 0. The number of ether oxygens (including phenoxy) is 1. The van der Waals surface area contributed by atoms with Crippen LogP contribution in [0.15, 0.2) is 11.2 Å². The van der Waals surface area contributed by atoms with Crippen LogP contribution in [0.25, 0.3) is 0 Å². The Balaban J connectivity index is 3.67. The smallest absolute Gasteiger partial charge is 0.298 e. The number of halogens is 1. The first kappa shape index (κ1) is 16.6. The molecule has 0 aromatic heterocycles. The standard InChI is InChI=1S/C12H21FO3S/c1-3-4-5-6-9-17(15)12(13)7-8-16-10-11(2)14/h7H,3-6,8-10H2,1-2H3. The molecule has 0 spiro atoms. The van der Waals surface area contributed by atoms with Gasteiger partial charge in [-0.3, -0.25) is 4.79 Å². The summed E-state index contributed by atoms with van der Waals surface area (Å²) in [5.74, 6) is 0.245. The van der Waals surface area contributed by atoms with Crippen molar-refractivity contribution >= 4 is 17.0 Å². The van der Waals surface area contributed by atoms with E-state index in [4.69, 9.17) is 4.74 Å². The molecule has 0 radical (unpaired) electrons. The molecule has 5 heteroatoms. The van der Waals surface area contributed by atoms with Crippen LogP contribution in [0.3, 0.4) is 0 Å². The molecule has 0 aliphatic rings. The zero-order chi connectivity index (χ0) is 13.1. The highest BCUT2D eigenvalue weighted by Gasteiger charge is 2.12. The highest BCUT2D eigenvalue weighted by atomic mass is 32.2. The lowest BCUT2D eigenvalue weighted by atomic mass is 10.2. The van der Waals surface area contributed by atoms with Crippen LogP contribution in [0.5, 0.6) is 0 Å². The summed E-state index contributed by atoms with van der Waals surface area (Å²) in [7, 11) is 0. The average Bonchev–Trinajstić information content (AvgIpc) is 2.29. The third-order valence-corrected chi connectivity index (χ3v) is 3.33. The Morgan fingerprint density at radius 2 is 2.12 bits per heavy atom. The van der Waals surface area contributed by atoms with E-state index in [9.17, 15) is 13.7 Å². The molecule has 0 aromatic rings. The molecular weight excluding hydrogens is 243 g/mol. The molecule has 0 amide bonds. The Hall–Kier alpha value is -0.390. The van der Waals surface area contributed by atoms with Gasteiger partial charge in [0, 0.05) is 17.3 Å². The number of carbonyl (C=O) groups is 1. The normalized spacial score (nSPS) is 13.8. The minimum atomic E-state index is -1.55. The first-order valence-electron chi connectivity index (χ1n) is 5.89. The van der Waals surface area contributed by atoms with Gasteiger partial charge in [0.2, 0.25) is 0 Å². The number of hydrogen-bond donors (Lipinski definition) is 0. The predicted molar refractivity (Wildman–Crippen MR) is 67.8 cm³/mol. The van der Waals surface area contributed by atoms with Gasteiger partial charge in [0.15, 0.2) is 5.78 Å². The molecule has 0 rings (SSSR count). The molecule has 17 heavy (non-hydrogen) atoms. The first-order chi connectivity index (χ1) is 8.07. The third kappa shape index (κ3) is 10.5. The SMILES string of the molecule is CCCCCC[S+]([O-])C(F)=CCOCC(C)=O. The summed E-state index contributed by atoms with van der Waals surface area (Å²) >= 11 is -1.55. The number of rotatable bonds is 10. The average molecular weight is 264 g/mol. The number of ketones is 1. The van der Waals surface area contributed by atoms with Crippen LogP contribution in [0.1, 0.15) is 39.5 Å². The maximum atomic E-state index is 13.2. The molecule has 100 valence electrons. The molecule has 0 bridgehead atoms. The number of Topliss-reactive ketones (excluding diaryl/α,β-unsaturated/α-hetero) is 1. The second kappa shape index (κ2) is 10.7. The van der Waals surface area contributed by atoms with E-state index < -0.39 is 16.3 Å². The van der Waals surface area contributed by atoms with Crippen molar-refractivity contribution < 1.29 is 18.5 Å². The lowest BCUT2D eigenvalue weighted by Crippen LogP contribution is -2.08. The Labute approximate surface area is 106 Å². The van der Waals surface area contributed by atoms with E-state index in [0.717, 1.165) is 31.8 Å². The summed E-state index contributed by atoms with van der Waals surface area (Å²) < 4.78 is 29.5. The fourth-order valence-corrected chi connectivity index (χ4v) is 2.09. The monoisotopic (exact) mass is 264 g/mol. The Kier molecular flexibility index (Phi) is 10.5. The molecule has 0 saturated heterocycles. The van der Waals surface area contributed by atoms with Gasteiger partial charge < -0.3 is 9.29 Å². The van der Waals surface area contributed by atoms with Crippen molar-refractivity contribution in [3.05, 3.63) is 11.2 Å². The van der Waals surface area contributed by atoms with Crippen LogP contribution >= 0.6 is 0 Å². The lowest BCUT2D eigenvalue weighted by molar-refractivity contribution is -0.121. The van der Waals surface area contributed by atoms with Crippen LogP contribution in [-0.2, 0) is 20.7 Å². The maximum absolute atomic E-state index is 13.2. The van der Waals surface area contributed by atoms with Gasteiger partial charge in [-0.2, -0.15) is 4.39 Å². The second-order valence-corrected chi connectivity index (χ2v) is 5.32. The molecule has 1 atom stereocenters. The van der Waals surface area contributed by atoms with Gasteiger partial charge in [-0.1, -0.05) is 19.8 Å². The van der Waals surface area contributed by atoms with Crippen LogP contribution < -0.4 is 0 Å². The van der Waals surface area contributed by atoms with Gasteiger partial charge in [-0.15, -0.1) is 0 Å². The van der Waals surface area contributed by atoms with E-state index in [1.54, 1.807) is 0 Å². The van der Waals surface area contributed by atoms with Gasteiger partial charge in [-0.05, 0) is 19.8 Å². The molecule has 0 fully saturated rings. The zero-order valence-electron chi connectivity index (χ0n) is 10.5. The maximum Gasteiger partial charge on any atom is 0.298 e. The molecule has 0 heterocycles. The van der Waals surface area contributed by atoms with E-state index in [1.807, 2.05) is 0 Å². The molecular formula is C12H21FO3S. The third-order valence-electron chi connectivity index (χ3n) is 2.07. The van der Waals surface area contributed by atoms with Gasteiger partial charge >= 0.3 is 0 Å². The number of unbranched alkanes of at least 4 members (excludes halogenated alkanes) is 3. The van der Waals surface area contributed by atoms with Crippen molar-refractivity contribution in [2.75, 3.05) is 19.0 Å². The van der Waals surface area contributed by atoms with Crippen LogP contribution in [-0.4, -0.2) is 29.3 Å². The van der Waals surface area contributed by atoms with Gasteiger partial charge in [0.1, 0.15) is 12.4 Å². The fourth-order valence-electron chi connectivity index (χ4n) is 1.18. The van der Waals surface area contributed by atoms with Crippen molar-refractivity contribution in [2.24, 2.45) is 0 Å². The van der Waals surface area contributed by atoms with E-state index in [-0.39, 0.29) is 19.0 Å². The molecule has 3 nitrogen and oxygen atoms in total. The predicted octanol–water partition coefficient (Wildman–Crippen LogP) is 2.73. The highest BCUT2D eigenvalue weighted by Crippen LogP contribution is 2.12. The Bertz CT molecular complexity index is 244. The lowest BCUT2D eigenvalue weighted by Gasteiger charge is -2.07.